The molecule has 0 unspecified atom stereocenters. The Balaban J connectivity index is 2.50. The fourth-order valence-electron chi connectivity index (χ4n) is 2.42. The smallest absolute Gasteiger partial charge is 0.262 e. The Bertz CT molecular complexity index is 892. The minimum atomic E-state index is -3.74. The molecule has 1 N–H and O–H groups in total. The monoisotopic (exact) mass is 363 g/mol. The third kappa shape index (κ3) is 4.01. The van der Waals surface area contributed by atoms with Crippen molar-refractivity contribution in [3.05, 3.63) is 35.0 Å². The molecule has 0 aliphatic rings. The Morgan fingerprint density at radius 2 is 1.52 bits per heavy atom. The Hall–Kier alpha value is -2.35. The van der Waals surface area contributed by atoms with Crippen molar-refractivity contribution in [2.24, 2.45) is 0 Å². The third-order valence-corrected chi connectivity index (χ3v) is 5.41. The second-order valence-corrected chi connectivity index (χ2v) is 8.15. The number of nitrogens with one attached hydrogen (secondary N) is 1. The van der Waals surface area contributed by atoms with E-state index in [2.05, 4.69) is 14.7 Å². The van der Waals surface area contributed by atoms with Crippen LogP contribution in [-0.2, 0) is 10.0 Å². The van der Waals surface area contributed by atoms with Crippen LogP contribution in [0, 0.1) is 20.8 Å². The number of aromatic nitrogens is 2. The molecule has 2 aromatic rings. The van der Waals surface area contributed by atoms with E-state index in [0.29, 0.717) is 23.0 Å². The summed E-state index contributed by atoms with van der Waals surface area (Å²) in [6.07, 6.45) is 1.49. The number of hydrogen-bond acceptors (Lipinski definition) is 6. The van der Waals surface area contributed by atoms with Crippen molar-refractivity contribution in [2.45, 2.75) is 25.7 Å². The number of nitrogens with zero attached hydrogens (tertiary/aromatic N) is 4. The van der Waals surface area contributed by atoms with Gasteiger partial charge in [-0.15, -0.1) is 0 Å². The Morgan fingerprint density at radius 3 is 2.08 bits per heavy atom. The standard InChI is InChI=1S/C17H25N5O2S/c1-11-8-13(3)15(9-12(11)2)25(23,24)20-14-10-18-17(22(6)7)19-16(14)21(4)5/h8-10,20H,1-7H3. The molecule has 0 atom stereocenters. The minimum Gasteiger partial charge on any atom is -0.361 e. The lowest BCUT2D eigenvalue weighted by Crippen LogP contribution is -2.21. The van der Waals surface area contributed by atoms with Crippen LogP contribution in [0.1, 0.15) is 16.7 Å². The fourth-order valence-corrected chi connectivity index (χ4v) is 3.77. The van der Waals surface area contributed by atoms with Crippen LogP contribution in [0.4, 0.5) is 17.5 Å². The van der Waals surface area contributed by atoms with Crippen molar-refractivity contribution < 1.29 is 8.42 Å². The van der Waals surface area contributed by atoms with Gasteiger partial charge in [0.05, 0.1) is 11.1 Å². The predicted molar refractivity (Wildman–Crippen MR) is 102 cm³/mol. The average molecular weight is 363 g/mol. The van der Waals surface area contributed by atoms with E-state index >= 15 is 0 Å². The lowest BCUT2D eigenvalue weighted by molar-refractivity contribution is 0.600. The highest BCUT2D eigenvalue weighted by atomic mass is 32.2. The van der Waals surface area contributed by atoms with E-state index < -0.39 is 10.0 Å². The number of rotatable bonds is 5. The molecule has 7 nitrogen and oxygen atoms in total. The topological polar surface area (TPSA) is 78.4 Å². The molecule has 0 saturated heterocycles. The van der Waals surface area contributed by atoms with Gasteiger partial charge in [-0.2, -0.15) is 4.98 Å². The molecule has 0 amide bonds. The summed E-state index contributed by atoms with van der Waals surface area (Å²) in [6, 6.07) is 3.57. The zero-order valence-electron chi connectivity index (χ0n) is 15.7. The van der Waals surface area contributed by atoms with Crippen LogP contribution in [0.25, 0.3) is 0 Å². The number of anilines is 3. The first-order chi connectivity index (χ1) is 11.5. The summed E-state index contributed by atoms with van der Waals surface area (Å²) in [4.78, 5) is 12.4. The molecule has 0 spiro atoms. The van der Waals surface area contributed by atoms with Gasteiger partial charge in [0, 0.05) is 28.2 Å². The van der Waals surface area contributed by atoms with Gasteiger partial charge in [-0.1, -0.05) is 6.07 Å². The molecular weight excluding hydrogens is 338 g/mol. The molecule has 8 heteroatoms. The van der Waals surface area contributed by atoms with Gasteiger partial charge in [-0.3, -0.25) is 4.72 Å². The number of aryl methyl sites for hydroxylation is 3. The van der Waals surface area contributed by atoms with E-state index in [4.69, 9.17) is 0 Å². The lowest BCUT2D eigenvalue weighted by atomic mass is 10.1. The highest BCUT2D eigenvalue weighted by molar-refractivity contribution is 7.92. The molecule has 0 aliphatic carbocycles. The summed E-state index contributed by atoms with van der Waals surface area (Å²) in [6.45, 7) is 5.65. The first-order valence-electron chi connectivity index (χ1n) is 7.85. The molecule has 2 rings (SSSR count). The van der Waals surface area contributed by atoms with Crippen LogP contribution >= 0.6 is 0 Å². The van der Waals surface area contributed by atoms with Crippen molar-refractivity contribution in [1.29, 1.82) is 0 Å². The van der Waals surface area contributed by atoms with Crippen molar-refractivity contribution in [3.63, 3.8) is 0 Å². The molecule has 0 aliphatic heterocycles. The summed E-state index contributed by atoms with van der Waals surface area (Å²) in [5.41, 5.74) is 3.03. The van der Waals surface area contributed by atoms with Crippen LogP contribution in [0.15, 0.2) is 23.2 Å². The first-order valence-corrected chi connectivity index (χ1v) is 9.33. The van der Waals surface area contributed by atoms with E-state index in [1.807, 2.05) is 34.0 Å². The van der Waals surface area contributed by atoms with Gasteiger partial charge >= 0.3 is 0 Å². The van der Waals surface area contributed by atoms with E-state index in [1.165, 1.54) is 6.20 Å². The van der Waals surface area contributed by atoms with Gasteiger partial charge in [0.15, 0.2) is 5.82 Å². The highest BCUT2D eigenvalue weighted by Crippen LogP contribution is 2.27. The van der Waals surface area contributed by atoms with E-state index in [-0.39, 0.29) is 4.90 Å². The summed E-state index contributed by atoms with van der Waals surface area (Å²) < 4.78 is 28.4. The van der Waals surface area contributed by atoms with E-state index in [0.717, 1.165) is 11.1 Å². The Labute approximate surface area is 149 Å². The summed E-state index contributed by atoms with van der Waals surface area (Å²) in [5.74, 6) is 1.01. The van der Waals surface area contributed by atoms with Crippen molar-refractivity contribution >= 4 is 27.5 Å². The molecule has 25 heavy (non-hydrogen) atoms. The third-order valence-electron chi connectivity index (χ3n) is 3.90. The Morgan fingerprint density at radius 1 is 0.920 bits per heavy atom. The maximum atomic E-state index is 12.9. The molecular formula is C17H25N5O2S. The fraction of sp³-hybridized carbons (Fsp3) is 0.412. The normalized spacial score (nSPS) is 11.3. The molecule has 1 aromatic heterocycles. The lowest BCUT2D eigenvalue weighted by Gasteiger charge is -2.20. The van der Waals surface area contributed by atoms with Crippen molar-refractivity contribution in [3.8, 4) is 0 Å². The molecule has 0 bridgehead atoms. The van der Waals surface area contributed by atoms with Crippen molar-refractivity contribution in [1.82, 2.24) is 9.97 Å². The second-order valence-electron chi connectivity index (χ2n) is 6.50. The molecule has 136 valence electrons. The van der Waals surface area contributed by atoms with Gasteiger partial charge in [0.1, 0.15) is 5.69 Å². The highest BCUT2D eigenvalue weighted by Gasteiger charge is 2.21. The van der Waals surface area contributed by atoms with Gasteiger partial charge in [-0.25, -0.2) is 13.4 Å². The van der Waals surface area contributed by atoms with Crippen molar-refractivity contribution in [2.75, 3.05) is 42.7 Å². The van der Waals surface area contributed by atoms with Gasteiger partial charge in [0.2, 0.25) is 5.95 Å². The molecule has 0 radical (unpaired) electrons. The van der Waals surface area contributed by atoms with Crippen LogP contribution in [0.5, 0.6) is 0 Å². The summed E-state index contributed by atoms with van der Waals surface area (Å²) in [7, 11) is 3.53. The van der Waals surface area contributed by atoms with Crippen LogP contribution in [-0.4, -0.2) is 46.6 Å². The quantitative estimate of drug-likeness (QED) is 0.878. The second kappa shape index (κ2) is 6.87. The predicted octanol–water partition coefficient (Wildman–Crippen LogP) is 2.33. The molecule has 1 aromatic carbocycles. The average Bonchev–Trinajstić information content (AvgIpc) is 2.50. The zero-order valence-corrected chi connectivity index (χ0v) is 16.6. The maximum absolute atomic E-state index is 12.9. The number of hydrogen-bond donors (Lipinski definition) is 1. The largest absolute Gasteiger partial charge is 0.361 e. The van der Waals surface area contributed by atoms with Crippen LogP contribution in [0.2, 0.25) is 0 Å². The van der Waals surface area contributed by atoms with E-state index in [1.54, 1.807) is 36.9 Å². The molecule has 0 fully saturated rings. The summed E-state index contributed by atoms with van der Waals surface area (Å²) in [5, 5.41) is 0. The molecule has 1 heterocycles. The van der Waals surface area contributed by atoms with Crippen LogP contribution < -0.4 is 14.5 Å². The van der Waals surface area contributed by atoms with Crippen LogP contribution in [0.3, 0.4) is 0 Å². The van der Waals surface area contributed by atoms with Gasteiger partial charge in [-0.05, 0) is 43.5 Å². The zero-order chi connectivity index (χ0) is 18.9. The summed E-state index contributed by atoms with van der Waals surface area (Å²) >= 11 is 0. The Kier molecular flexibility index (Phi) is 5.22. The minimum absolute atomic E-state index is 0.261. The first kappa shape index (κ1) is 19.0. The molecule has 0 saturated carbocycles. The number of sulfonamides is 1. The van der Waals surface area contributed by atoms with Gasteiger partial charge < -0.3 is 9.80 Å². The maximum Gasteiger partial charge on any atom is 0.262 e. The number of benzene rings is 1. The van der Waals surface area contributed by atoms with E-state index in [9.17, 15) is 8.42 Å². The SMILES string of the molecule is Cc1cc(C)c(S(=O)(=O)Nc2cnc(N(C)C)nc2N(C)C)cc1C. The van der Waals surface area contributed by atoms with Gasteiger partial charge in [0.25, 0.3) is 10.0 Å².